The molecule has 2 aromatic heterocycles. The van der Waals surface area contributed by atoms with Gasteiger partial charge in [-0.2, -0.15) is 0 Å². The first-order valence-electron chi connectivity index (χ1n) is 11.9. The second kappa shape index (κ2) is 9.11. The lowest BCUT2D eigenvalue weighted by atomic mass is 10.1. The normalized spacial score (nSPS) is 12.3. The maximum Gasteiger partial charge on any atom is 0.601 e. The van der Waals surface area contributed by atoms with Crippen LogP contribution in [0.25, 0.3) is 42.9 Å². The van der Waals surface area contributed by atoms with Crippen molar-refractivity contribution in [1.29, 1.82) is 0 Å². The molecular weight excluding hydrogens is 518 g/mol. The van der Waals surface area contributed by atoms with E-state index in [9.17, 15) is 9.13 Å². The Balaban J connectivity index is 1.23. The summed E-state index contributed by atoms with van der Waals surface area (Å²) in [5, 5.41) is 4.47. The Morgan fingerprint density at radius 3 is 1.29 bits per heavy atom. The van der Waals surface area contributed by atoms with Gasteiger partial charge in [-0.15, -0.1) is 0 Å². The van der Waals surface area contributed by atoms with E-state index in [0.29, 0.717) is 44.4 Å². The molecule has 2 unspecified atom stereocenters. The van der Waals surface area contributed by atoms with Crippen LogP contribution in [0.2, 0.25) is 0 Å². The summed E-state index contributed by atoms with van der Waals surface area (Å²) in [4.78, 5) is 0. The average Bonchev–Trinajstić information content (AvgIpc) is 2.94. The van der Waals surface area contributed by atoms with Gasteiger partial charge < -0.3 is 9.47 Å². The van der Waals surface area contributed by atoms with Gasteiger partial charge in [0.2, 0.25) is 0 Å². The Hall–Kier alpha value is -4.50. The number of ether oxygens (including phenoxy) is 2. The highest BCUT2D eigenvalue weighted by atomic mass is 31.1. The largest absolute Gasteiger partial charge is 0.601 e. The minimum absolute atomic E-state index is 0.469. The molecule has 0 spiro atoms. The zero-order valence-corrected chi connectivity index (χ0v) is 21.5. The summed E-state index contributed by atoms with van der Waals surface area (Å²) >= 11 is 0. The van der Waals surface area contributed by atoms with Crippen LogP contribution in [0.4, 0.5) is 0 Å². The second-order valence-electron chi connectivity index (χ2n) is 8.67. The van der Waals surface area contributed by atoms with Crippen molar-refractivity contribution in [1.82, 2.24) is 0 Å². The van der Waals surface area contributed by atoms with E-state index >= 15 is 0 Å². The predicted octanol–water partition coefficient (Wildman–Crippen LogP) is 10.6. The molecule has 0 fully saturated rings. The molecule has 0 radical (unpaired) electrons. The fraction of sp³-hybridized carbons (Fsp3) is 0. The number of fused-ring (bicyclic) bond motifs is 6. The molecule has 2 atom stereocenters. The van der Waals surface area contributed by atoms with Gasteiger partial charge in [0.1, 0.15) is 11.5 Å². The van der Waals surface area contributed by atoms with Gasteiger partial charge in [0, 0.05) is 21.5 Å². The van der Waals surface area contributed by atoms with E-state index in [1.807, 2.05) is 72.8 Å². The molecule has 0 saturated heterocycles. The Bertz CT molecular complexity index is 1980. The molecule has 0 bridgehead atoms. The van der Waals surface area contributed by atoms with Crippen molar-refractivity contribution >= 4 is 58.3 Å². The van der Waals surface area contributed by atoms with Crippen LogP contribution in [0.5, 0.6) is 23.0 Å². The van der Waals surface area contributed by atoms with Crippen LogP contribution in [0.3, 0.4) is 0 Å². The molecule has 0 saturated carbocycles. The number of hydrogen-bond acceptors (Lipinski definition) is 6. The summed E-state index contributed by atoms with van der Waals surface area (Å²) in [7, 11) is -4.24. The number of benzene rings is 5. The first-order chi connectivity index (χ1) is 18.7. The van der Waals surface area contributed by atoms with Gasteiger partial charge >= 0.3 is 15.3 Å². The topological polar surface area (TPSA) is 78.9 Å². The molecule has 38 heavy (non-hydrogen) atoms. The molecule has 7 rings (SSSR count). The Labute approximate surface area is 217 Å². The van der Waals surface area contributed by atoms with E-state index in [1.54, 1.807) is 36.4 Å². The standard InChI is InChI=1S/C30H18O6P2/c31-37-29-23(21-7-1-3-11-25(21)35-37)9-5-13-27(29)33-19-15-17-20(18-16-19)34-28-14-6-10-24-22-8-2-4-12-26(22)36-38(32)30(24)28/h1-18H/q+2. The smallest absolute Gasteiger partial charge is 0.452 e. The van der Waals surface area contributed by atoms with Gasteiger partial charge in [0.25, 0.3) is 10.2 Å². The summed E-state index contributed by atoms with van der Waals surface area (Å²) in [5.41, 5.74) is 1.19. The molecule has 0 aliphatic carbocycles. The van der Waals surface area contributed by atoms with Crippen LogP contribution in [0.15, 0.2) is 118 Å². The summed E-state index contributed by atoms with van der Waals surface area (Å²) in [6, 6.07) is 33.2. The number of para-hydroxylation sites is 2. The van der Waals surface area contributed by atoms with E-state index in [0.717, 1.165) is 21.5 Å². The van der Waals surface area contributed by atoms with E-state index in [4.69, 9.17) is 17.9 Å². The van der Waals surface area contributed by atoms with Crippen LogP contribution in [-0.4, -0.2) is 0 Å². The van der Waals surface area contributed by atoms with Gasteiger partial charge in [-0.05, 0) is 69.8 Å². The summed E-state index contributed by atoms with van der Waals surface area (Å²) < 4.78 is 49.5. The second-order valence-corrected chi connectivity index (χ2v) is 11.0. The van der Waals surface area contributed by atoms with Crippen molar-refractivity contribution in [2.24, 2.45) is 0 Å². The first-order valence-corrected chi connectivity index (χ1v) is 14.2. The third-order valence-electron chi connectivity index (χ3n) is 6.36. The lowest BCUT2D eigenvalue weighted by Gasteiger charge is -2.08. The Morgan fingerprint density at radius 1 is 0.447 bits per heavy atom. The minimum atomic E-state index is -2.12. The molecule has 0 amide bonds. The maximum absolute atomic E-state index is 12.9. The molecule has 5 aromatic carbocycles. The fourth-order valence-electron chi connectivity index (χ4n) is 4.66. The molecule has 7 aromatic rings. The third-order valence-corrected chi connectivity index (χ3v) is 8.74. The number of rotatable bonds is 4. The van der Waals surface area contributed by atoms with Gasteiger partial charge in [0.15, 0.2) is 22.7 Å². The van der Waals surface area contributed by atoms with E-state index in [2.05, 4.69) is 0 Å². The molecule has 0 aliphatic rings. The van der Waals surface area contributed by atoms with Crippen LogP contribution in [0.1, 0.15) is 0 Å². The van der Waals surface area contributed by atoms with Crippen LogP contribution >= 0.6 is 15.3 Å². The summed E-state index contributed by atoms with van der Waals surface area (Å²) in [6.07, 6.45) is 0. The third kappa shape index (κ3) is 3.83. The summed E-state index contributed by atoms with van der Waals surface area (Å²) in [5.74, 6) is 2.03. The molecule has 2 heterocycles. The zero-order chi connectivity index (χ0) is 25.6. The SMILES string of the molecule is O=[p+]1oc2ccccc2c2cccc(Oc3ccc(Oc4cccc5c6ccccc6o[p+](=O)c45)cc3)c21. The molecule has 0 N–H and O–H groups in total. The highest BCUT2D eigenvalue weighted by Gasteiger charge is 2.23. The zero-order valence-electron chi connectivity index (χ0n) is 19.7. The van der Waals surface area contributed by atoms with Crippen molar-refractivity contribution in [3.8, 4) is 23.0 Å². The van der Waals surface area contributed by atoms with Crippen molar-refractivity contribution < 1.29 is 27.0 Å². The fourth-order valence-corrected chi connectivity index (χ4v) is 6.90. The first kappa shape index (κ1) is 22.7. The molecule has 182 valence electrons. The Kier molecular flexibility index (Phi) is 5.44. The van der Waals surface area contributed by atoms with E-state index in [-0.39, 0.29) is 0 Å². The lowest BCUT2D eigenvalue weighted by Crippen LogP contribution is -1.88. The van der Waals surface area contributed by atoms with Crippen molar-refractivity contribution in [2.75, 3.05) is 0 Å². The summed E-state index contributed by atoms with van der Waals surface area (Å²) in [6.45, 7) is 0. The van der Waals surface area contributed by atoms with E-state index in [1.165, 1.54) is 0 Å². The van der Waals surface area contributed by atoms with Crippen molar-refractivity contribution in [3.63, 3.8) is 0 Å². The quantitative estimate of drug-likeness (QED) is 0.208. The molecule has 0 aliphatic heterocycles. The minimum Gasteiger partial charge on any atom is -0.452 e. The average molecular weight is 536 g/mol. The van der Waals surface area contributed by atoms with Crippen LogP contribution in [-0.2, 0) is 9.13 Å². The van der Waals surface area contributed by atoms with Gasteiger partial charge in [-0.25, -0.2) is 8.39 Å². The Morgan fingerprint density at radius 2 is 0.842 bits per heavy atom. The van der Waals surface area contributed by atoms with Crippen molar-refractivity contribution in [3.05, 3.63) is 109 Å². The van der Waals surface area contributed by atoms with Gasteiger partial charge in [0.05, 0.1) is 0 Å². The predicted molar refractivity (Wildman–Crippen MR) is 149 cm³/mol. The maximum atomic E-state index is 12.9. The molecule has 6 nitrogen and oxygen atoms in total. The van der Waals surface area contributed by atoms with Gasteiger partial charge in [-0.3, -0.25) is 0 Å². The number of hydrogen-bond donors (Lipinski definition) is 0. The van der Waals surface area contributed by atoms with Crippen LogP contribution < -0.4 is 9.47 Å². The molecule has 8 heteroatoms. The monoisotopic (exact) mass is 536 g/mol. The highest BCUT2D eigenvalue weighted by molar-refractivity contribution is 7.37. The van der Waals surface area contributed by atoms with Crippen molar-refractivity contribution in [2.45, 2.75) is 0 Å². The lowest BCUT2D eigenvalue weighted by molar-refractivity contribution is 0.474. The van der Waals surface area contributed by atoms with Crippen LogP contribution in [0, 0.1) is 0 Å². The molecular formula is C30H18O6P2+2. The van der Waals surface area contributed by atoms with Gasteiger partial charge in [-0.1, -0.05) is 48.5 Å². The highest BCUT2D eigenvalue weighted by Crippen LogP contribution is 2.44. The van der Waals surface area contributed by atoms with E-state index < -0.39 is 15.3 Å².